The van der Waals surface area contributed by atoms with Crippen LogP contribution in [0.25, 0.3) is 0 Å². The molecule has 72 valence electrons. The fourth-order valence-electron chi connectivity index (χ4n) is 0.886. The molecule has 0 aromatic carbocycles. The minimum atomic E-state index is -0.268. The lowest BCUT2D eigenvalue weighted by Gasteiger charge is -1.99. The van der Waals surface area contributed by atoms with Crippen molar-refractivity contribution in [3.05, 3.63) is 24.4 Å². The first-order valence-electron chi connectivity index (χ1n) is 3.95. The van der Waals surface area contributed by atoms with Gasteiger partial charge in [-0.15, -0.1) is 6.58 Å². The molecule has 0 aliphatic carbocycles. The third kappa shape index (κ3) is 2.64. The molecular weight excluding hydrogens is 170 g/mol. The molecule has 2 N–H and O–H groups in total. The van der Waals surface area contributed by atoms with Crippen molar-refractivity contribution in [3.8, 4) is 0 Å². The van der Waals surface area contributed by atoms with Crippen LogP contribution in [0.4, 0.5) is 0 Å². The van der Waals surface area contributed by atoms with Crippen LogP contribution in [0.1, 0.15) is 24.2 Å². The van der Waals surface area contributed by atoms with Crippen molar-refractivity contribution < 1.29 is 9.26 Å². The minimum absolute atomic E-state index is 0.268. The van der Waals surface area contributed by atoms with Gasteiger partial charge in [0.15, 0.2) is 5.82 Å². The molecule has 0 radical (unpaired) electrons. The Morgan fingerprint density at radius 2 is 2.54 bits per heavy atom. The molecule has 0 spiro atoms. The van der Waals surface area contributed by atoms with Gasteiger partial charge in [-0.3, -0.25) is 0 Å². The van der Waals surface area contributed by atoms with Crippen LogP contribution in [0.5, 0.6) is 0 Å². The first-order chi connectivity index (χ1) is 6.27. The largest absolute Gasteiger partial charge is 0.377 e. The second kappa shape index (κ2) is 4.74. The molecule has 1 atom stereocenters. The van der Waals surface area contributed by atoms with Crippen molar-refractivity contribution in [1.29, 1.82) is 0 Å². The maximum absolute atomic E-state index is 5.71. The van der Waals surface area contributed by atoms with Crippen LogP contribution < -0.4 is 5.73 Å². The van der Waals surface area contributed by atoms with Gasteiger partial charge in [-0.1, -0.05) is 11.2 Å². The van der Waals surface area contributed by atoms with Gasteiger partial charge >= 0.3 is 0 Å². The molecule has 13 heavy (non-hydrogen) atoms. The lowest BCUT2D eigenvalue weighted by atomic mass is 10.2. The van der Waals surface area contributed by atoms with Gasteiger partial charge < -0.3 is 15.0 Å². The van der Waals surface area contributed by atoms with Crippen LogP contribution in [-0.4, -0.2) is 17.3 Å². The monoisotopic (exact) mass is 183 g/mol. The summed E-state index contributed by atoms with van der Waals surface area (Å²) in [5.41, 5.74) is 5.71. The number of rotatable bonds is 5. The lowest BCUT2D eigenvalue weighted by molar-refractivity contribution is 0.174. The van der Waals surface area contributed by atoms with Crippen LogP contribution in [0.15, 0.2) is 17.2 Å². The van der Waals surface area contributed by atoms with Crippen molar-refractivity contribution in [1.82, 2.24) is 10.1 Å². The van der Waals surface area contributed by atoms with Crippen LogP contribution in [0, 0.1) is 0 Å². The summed E-state index contributed by atoms with van der Waals surface area (Å²) >= 11 is 0. The zero-order chi connectivity index (χ0) is 9.68. The van der Waals surface area contributed by atoms with Gasteiger partial charge in [-0.25, -0.2) is 0 Å². The van der Waals surface area contributed by atoms with E-state index >= 15 is 0 Å². The first-order valence-corrected chi connectivity index (χ1v) is 3.95. The van der Waals surface area contributed by atoms with Crippen molar-refractivity contribution in [2.45, 2.75) is 19.1 Å². The number of hydrogen-bond acceptors (Lipinski definition) is 5. The standard InChI is InChI=1S/C8H13N3O2/c1-3-4-6(9)8-10-7(5-12-2)11-13-8/h3,6H,1,4-5,9H2,2H3. The highest BCUT2D eigenvalue weighted by Crippen LogP contribution is 2.11. The number of nitrogens with zero attached hydrogens (tertiary/aromatic N) is 2. The zero-order valence-electron chi connectivity index (χ0n) is 7.56. The minimum Gasteiger partial charge on any atom is -0.377 e. The van der Waals surface area contributed by atoms with Gasteiger partial charge in [-0.2, -0.15) is 4.98 Å². The molecule has 0 amide bonds. The summed E-state index contributed by atoms with van der Waals surface area (Å²) < 4.78 is 9.75. The molecule has 0 aliphatic rings. The Kier molecular flexibility index (Phi) is 3.60. The van der Waals surface area contributed by atoms with E-state index in [1.54, 1.807) is 13.2 Å². The molecule has 1 aromatic heterocycles. The van der Waals surface area contributed by atoms with Crippen LogP contribution in [0.3, 0.4) is 0 Å². The highest BCUT2D eigenvalue weighted by Gasteiger charge is 2.12. The normalized spacial score (nSPS) is 12.8. The lowest BCUT2D eigenvalue weighted by Crippen LogP contribution is -2.09. The van der Waals surface area contributed by atoms with Crippen molar-refractivity contribution in [3.63, 3.8) is 0 Å². The molecule has 5 nitrogen and oxygen atoms in total. The second-order valence-electron chi connectivity index (χ2n) is 2.61. The second-order valence-corrected chi connectivity index (χ2v) is 2.61. The van der Waals surface area contributed by atoms with Gasteiger partial charge in [0.05, 0.1) is 6.04 Å². The zero-order valence-corrected chi connectivity index (χ0v) is 7.56. The van der Waals surface area contributed by atoms with E-state index in [9.17, 15) is 0 Å². The predicted molar refractivity (Wildman–Crippen MR) is 46.8 cm³/mol. The maximum atomic E-state index is 5.71. The van der Waals surface area contributed by atoms with Crippen molar-refractivity contribution in [2.24, 2.45) is 5.73 Å². The van der Waals surface area contributed by atoms with Crippen molar-refractivity contribution in [2.75, 3.05) is 7.11 Å². The summed E-state index contributed by atoms with van der Waals surface area (Å²) in [7, 11) is 1.57. The Hall–Kier alpha value is -1.20. The van der Waals surface area contributed by atoms with E-state index in [1.165, 1.54) is 0 Å². The van der Waals surface area contributed by atoms with Gasteiger partial charge in [-0.05, 0) is 6.42 Å². The molecule has 5 heteroatoms. The Bertz CT molecular complexity index is 272. The van der Waals surface area contributed by atoms with E-state index in [-0.39, 0.29) is 6.04 Å². The highest BCUT2D eigenvalue weighted by molar-refractivity contribution is 4.93. The number of aromatic nitrogens is 2. The van der Waals surface area contributed by atoms with Crippen molar-refractivity contribution >= 4 is 0 Å². The average molecular weight is 183 g/mol. The third-order valence-corrected chi connectivity index (χ3v) is 1.50. The Balaban J connectivity index is 2.61. The van der Waals surface area contributed by atoms with E-state index < -0.39 is 0 Å². The predicted octanol–water partition coefficient (Wildman–Crippen LogP) is 0.792. The Morgan fingerprint density at radius 3 is 3.15 bits per heavy atom. The molecular formula is C8H13N3O2. The molecule has 0 saturated carbocycles. The molecule has 1 aromatic rings. The fraction of sp³-hybridized carbons (Fsp3) is 0.500. The summed E-state index contributed by atoms with van der Waals surface area (Å²) in [4.78, 5) is 4.04. The SMILES string of the molecule is C=CCC(N)c1nc(COC)no1. The van der Waals surface area contributed by atoms with Gasteiger partial charge in [0.25, 0.3) is 0 Å². The topological polar surface area (TPSA) is 74.2 Å². The Morgan fingerprint density at radius 1 is 1.77 bits per heavy atom. The molecule has 0 aliphatic heterocycles. The number of nitrogens with two attached hydrogens (primary N) is 1. The van der Waals surface area contributed by atoms with Gasteiger partial charge in [0.1, 0.15) is 6.61 Å². The summed E-state index contributed by atoms with van der Waals surface area (Å²) in [6.45, 7) is 3.91. The summed E-state index contributed by atoms with van der Waals surface area (Å²) in [5.74, 6) is 0.934. The quantitative estimate of drug-likeness (QED) is 0.683. The summed E-state index contributed by atoms with van der Waals surface area (Å²) in [6.07, 6.45) is 2.33. The molecule has 1 unspecified atom stereocenters. The first kappa shape index (κ1) is 9.88. The maximum Gasteiger partial charge on any atom is 0.243 e. The van der Waals surface area contributed by atoms with Crippen LogP contribution in [0.2, 0.25) is 0 Å². The van der Waals surface area contributed by atoms with Crippen LogP contribution in [-0.2, 0) is 11.3 Å². The van der Waals surface area contributed by atoms with Gasteiger partial charge in [0.2, 0.25) is 5.89 Å². The summed E-state index contributed by atoms with van der Waals surface area (Å²) in [6, 6.07) is -0.268. The van der Waals surface area contributed by atoms with E-state index in [2.05, 4.69) is 16.7 Å². The number of methoxy groups -OCH3 is 1. The smallest absolute Gasteiger partial charge is 0.243 e. The van der Waals surface area contributed by atoms with Crippen LogP contribution >= 0.6 is 0 Å². The fourth-order valence-corrected chi connectivity index (χ4v) is 0.886. The number of hydrogen-bond donors (Lipinski definition) is 1. The Labute approximate surface area is 76.6 Å². The average Bonchev–Trinajstić information content (AvgIpc) is 2.54. The van der Waals surface area contributed by atoms with E-state index in [0.29, 0.717) is 24.7 Å². The highest BCUT2D eigenvalue weighted by atomic mass is 16.5. The van der Waals surface area contributed by atoms with E-state index in [1.807, 2.05) is 0 Å². The molecule has 0 saturated heterocycles. The summed E-state index contributed by atoms with van der Waals surface area (Å²) in [5, 5.41) is 3.68. The third-order valence-electron chi connectivity index (χ3n) is 1.50. The molecule has 0 fully saturated rings. The number of ether oxygens (including phenoxy) is 1. The van der Waals surface area contributed by atoms with Gasteiger partial charge in [0, 0.05) is 7.11 Å². The molecule has 1 heterocycles. The molecule has 0 bridgehead atoms. The molecule has 1 rings (SSSR count). The van der Waals surface area contributed by atoms with E-state index in [0.717, 1.165) is 0 Å². The van der Waals surface area contributed by atoms with E-state index in [4.69, 9.17) is 15.0 Å².